The largest absolute Gasteiger partial charge is 0.454 e. The van der Waals surface area contributed by atoms with Gasteiger partial charge < -0.3 is 14.6 Å². The zero-order valence-electron chi connectivity index (χ0n) is 13.1. The topological polar surface area (TPSA) is 84.9 Å². The van der Waals surface area contributed by atoms with E-state index in [-0.39, 0.29) is 28.3 Å². The van der Waals surface area contributed by atoms with Gasteiger partial charge in [0, 0.05) is 11.6 Å². The molecule has 6 nitrogen and oxygen atoms in total. The van der Waals surface area contributed by atoms with Gasteiger partial charge in [-0.05, 0) is 42.8 Å². The van der Waals surface area contributed by atoms with E-state index in [2.05, 4.69) is 4.72 Å². The van der Waals surface area contributed by atoms with Gasteiger partial charge in [-0.25, -0.2) is 13.1 Å². The highest BCUT2D eigenvalue weighted by atomic mass is 35.5. The van der Waals surface area contributed by atoms with E-state index in [9.17, 15) is 13.5 Å². The number of sulfonamides is 1. The molecule has 1 atom stereocenters. The number of ether oxygens (including phenoxy) is 2. The Morgan fingerprint density at radius 2 is 1.88 bits per heavy atom. The first kappa shape index (κ1) is 18.3. The van der Waals surface area contributed by atoms with Crippen molar-refractivity contribution in [3.63, 3.8) is 0 Å². The summed E-state index contributed by atoms with van der Waals surface area (Å²) in [6.07, 6.45) is 0. The fourth-order valence-electron chi connectivity index (χ4n) is 2.33. The van der Waals surface area contributed by atoms with Gasteiger partial charge in [0.2, 0.25) is 16.8 Å². The summed E-state index contributed by atoms with van der Waals surface area (Å²) in [5, 5.41) is 11.0. The van der Waals surface area contributed by atoms with Crippen LogP contribution >= 0.6 is 23.2 Å². The average molecular weight is 404 g/mol. The van der Waals surface area contributed by atoms with Gasteiger partial charge in [-0.15, -0.1) is 0 Å². The Morgan fingerprint density at radius 3 is 2.64 bits per heavy atom. The number of benzene rings is 2. The van der Waals surface area contributed by atoms with E-state index >= 15 is 0 Å². The molecule has 2 aromatic carbocycles. The lowest BCUT2D eigenvalue weighted by Gasteiger charge is -2.24. The van der Waals surface area contributed by atoms with Crippen LogP contribution in [-0.4, -0.2) is 26.9 Å². The molecule has 1 aliphatic heterocycles. The highest BCUT2D eigenvalue weighted by molar-refractivity contribution is 7.89. The third-order valence-corrected chi connectivity index (χ3v) is 5.90. The minimum Gasteiger partial charge on any atom is -0.454 e. The zero-order chi connectivity index (χ0) is 18.2. The maximum Gasteiger partial charge on any atom is 0.242 e. The molecule has 0 amide bonds. The Labute approximate surface area is 155 Å². The molecular weight excluding hydrogens is 389 g/mol. The summed E-state index contributed by atoms with van der Waals surface area (Å²) in [4.78, 5) is -0.150. The van der Waals surface area contributed by atoms with Crippen molar-refractivity contribution in [1.29, 1.82) is 0 Å². The molecule has 0 spiro atoms. The molecule has 0 aliphatic carbocycles. The molecule has 0 saturated carbocycles. The Morgan fingerprint density at radius 1 is 1.16 bits per heavy atom. The lowest BCUT2D eigenvalue weighted by atomic mass is 9.96. The summed E-state index contributed by atoms with van der Waals surface area (Å²) >= 11 is 11.8. The van der Waals surface area contributed by atoms with Crippen molar-refractivity contribution >= 4 is 33.2 Å². The molecule has 0 saturated heterocycles. The van der Waals surface area contributed by atoms with Gasteiger partial charge in [0.1, 0.15) is 10.5 Å². The van der Waals surface area contributed by atoms with Gasteiger partial charge in [-0.1, -0.05) is 29.3 Å². The predicted octanol–water partition coefficient (Wildman–Crippen LogP) is 2.91. The van der Waals surface area contributed by atoms with Gasteiger partial charge in [0.25, 0.3) is 0 Å². The third-order valence-electron chi connectivity index (χ3n) is 3.78. The Bertz CT molecular complexity index is 915. The van der Waals surface area contributed by atoms with E-state index in [1.54, 1.807) is 18.2 Å². The fourth-order valence-corrected chi connectivity index (χ4v) is 4.22. The van der Waals surface area contributed by atoms with Crippen LogP contribution in [0.4, 0.5) is 0 Å². The molecule has 3 rings (SSSR count). The van der Waals surface area contributed by atoms with E-state index in [0.717, 1.165) is 0 Å². The number of fused-ring (bicyclic) bond motifs is 1. The number of aliphatic hydroxyl groups is 1. The number of nitrogens with one attached hydrogen (secondary N) is 1. The van der Waals surface area contributed by atoms with Crippen LogP contribution < -0.4 is 14.2 Å². The van der Waals surface area contributed by atoms with Crippen molar-refractivity contribution < 1.29 is 23.0 Å². The summed E-state index contributed by atoms with van der Waals surface area (Å²) in [6.45, 7) is 1.34. The van der Waals surface area contributed by atoms with E-state index in [4.69, 9.17) is 32.7 Å². The maximum atomic E-state index is 12.5. The van der Waals surface area contributed by atoms with Gasteiger partial charge >= 0.3 is 0 Å². The Balaban J connectivity index is 1.80. The van der Waals surface area contributed by atoms with Crippen LogP contribution in [0.25, 0.3) is 0 Å². The quantitative estimate of drug-likeness (QED) is 0.801. The lowest BCUT2D eigenvalue weighted by Crippen LogP contribution is -2.38. The number of halogens is 2. The summed E-state index contributed by atoms with van der Waals surface area (Å²) in [7, 11) is -3.95. The maximum absolute atomic E-state index is 12.5. The smallest absolute Gasteiger partial charge is 0.242 e. The second kappa shape index (κ2) is 6.66. The molecule has 2 N–H and O–H groups in total. The van der Waals surface area contributed by atoms with Gasteiger partial charge in [-0.2, -0.15) is 0 Å². The third kappa shape index (κ3) is 3.86. The van der Waals surface area contributed by atoms with Crippen molar-refractivity contribution in [3.05, 3.63) is 52.0 Å². The molecular formula is C16H15Cl2NO5S. The summed E-state index contributed by atoms with van der Waals surface area (Å²) in [5.74, 6) is 1.07. The standard InChI is InChI=1S/C16H15Cl2NO5S/c1-16(20,10-2-5-13-14(6-10)24-9-23-13)8-19-25(21,22)15-7-11(17)3-4-12(15)18/h2-7,19-20H,8-9H2,1H3. The average Bonchev–Trinajstić information content (AvgIpc) is 3.03. The van der Waals surface area contributed by atoms with E-state index < -0.39 is 15.6 Å². The number of rotatable bonds is 5. The molecule has 0 radical (unpaired) electrons. The fraction of sp³-hybridized carbons (Fsp3) is 0.250. The molecule has 0 aromatic heterocycles. The molecule has 25 heavy (non-hydrogen) atoms. The van der Waals surface area contributed by atoms with Crippen molar-refractivity contribution in [3.8, 4) is 11.5 Å². The molecule has 134 valence electrons. The van der Waals surface area contributed by atoms with Crippen molar-refractivity contribution in [1.82, 2.24) is 4.72 Å². The molecule has 9 heteroatoms. The Hall–Kier alpha value is -1.51. The van der Waals surface area contributed by atoms with Crippen molar-refractivity contribution in [2.45, 2.75) is 17.4 Å². The monoisotopic (exact) mass is 403 g/mol. The van der Waals surface area contributed by atoms with E-state index in [1.165, 1.54) is 25.1 Å². The zero-order valence-corrected chi connectivity index (χ0v) is 15.5. The van der Waals surface area contributed by atoms with Crippen LogP contribution in [0, 0.1) is 0 Å². The first-order valence-electron chi connectivity index (χ1n) is 7.26. The minimum absolute atomic E-state index is 0.0413. The predicted molar refractivity (Wildman–Crippen MR) is 93.8 cm³/mol. The molecule has 0 bridgehead atoms. The molecule has 1 unspecified atom stereocenters. The highest BCUT2D eigenvalue weighted by Gasteiger charge is 2.29. The minimum atomic E-state index is -3.95. The molecule has 1 heterocycles. The van der Waals surface area contributed by atoms with Crippen LogP contribution in [-0.2, 0) is 15.6 Å². The molecule has 1 aliphatic rings. The van der Waals surface area contributed by atoms with Crippen molar-refractivity contribution in [2.75, 3.05) is 13.3 Å². The summed E-state index contributed by atoms with van der Waals surface area (Å²) < 4.78 is 37.8. The first-order valence-corrected chi connectivity index (χ1v) is 9.50. The van der Waals surface area contributed by atoms with E-state index in [0.29, 0.717) is 17.1 Å². The lowest BCUT2D eigenvalue weighted by molar-refractivity contribution is 0.0625. The van der Waals surface area contributed by atoms with Crippen LogP contribution in [0.3, 0.4) is 0 Å². The van der Waals surface area contributed by atoms with Gasteiger partial charge in [0.05, 0.1) is 5.02 Å². The second-order valence-electron chi connectivity index (χ2n) is 5.74. The first-order chi connectivity index (χ1) is 11.7. The summed E-state index contributed by atoms with van der Waals surface area (Å²) in [5.41, 5.74) is -0.990. The van der Waals surface area contributed by atoms with Crippen LogP contribution in [0.2, 0.25) is 10.0 Å². The number of hydrogen-bond donors (Lipinski definition) is 2. The van der Waals surface area contributed by atoms with Gasteiger partial charge in [0.15, 0.2) is 11.5 Å². The van der Waals surface area contributed by atoms with Crippen LogP contribution in [0.1, 0.15) is 12.5 Å². The highest BCUT2D eigenvalue weighted by Crippen LogP contribution is 2.35. The number of hydrogen-bond acceptors (Lipinski definition) is 5. The van der Waals surface area contributed by atoms with Crippen molar-refractivity contribution in [2.24, 2.45) is 0 Å². The normalized spacial score (nSPS) is 15.8. The summed E-state index contributed by atoms with van der Waals surface area (Å²) in [6, 6.07) is 9.06. The van der Waals surface area contributed by atoms with Crippen LogP contribution in [0.5, 0.6) is 11.5 Å². The van der Waals surface area contributed by atoms with E-state index in [1.807, 2.05) is 0 Å². The van der Waals surface area contributed by atoms with Gasteiger partial charge in [-0.3, -0.25) is 0 Å². The van der Waals surface area contributed by atoms with Crippen LogP contribution in [0.15, 0.2) is 41.3 Å². The second-order valence-corrected chi connectivity index (χ2v) is 8.32. The molecule has 0 fully saturated rings. The Kier molecular flexibility index (Phi) is 4.87. The molecule has 2 aromatic rings. The SMILES string of the molecule is CC(O)(CNS(=O)(=O)c1cc(Cl)ccc1Cl)c1ccc2c(c1)OCO2.